The maximum atomic E-state index is 10.7. The van der Waals surface area contributed by atoms with Crippen molar-refractivity contribution in [3.63, 3.8) is 0 Å². The summed E-state index contributed by atoms with van der Waals surface area (Å²) in [6.07, 6.45) is 0. The SMILES string of the molecule is CC(C)c1ccc(-n2nnnc2SC/C(O)=C(\C#N)c2nc3ccccc3n2C)cc1. The first-order valence-electron chi connectivity index (χ1n) is 9.75. The predicted octanol–water partition coefficient (Wildman–Crippen LogP) is 4.26. The van der Waals surface area contributed by atoms with Gasteiger partial charge < -0.3 is 9.67 Å². The number of imidazole rings is 1. The summed E-state index contributed by atoms with van der Waals surface area (Å²) in [5.74, 6) is 0.920. The van der Waals surface area contributed by atoms with Crippen LogP contribution < -0.4 is 0 Å². The molecule has 0 radical (unpaired) electrons. The molecule has 0 fully saturated rings. The third-order valence-electron chi connectivity index (χ3n) is 4.99. The number of aliphatic hydroxyl groups is 1. The van der Waals surface area contributed by atoms with Crippen molar-refractivity contribution in [3.8, 4) is 11.8 Å². The Morgan fingerprint density at radius 3 is 2.58 bits per heavy atom. The van der Waals surface area contributed by atoms with Crippen LogP contribution >= 0.6 is 11.8 Å². The summed E-state index contributed by atoms with van der Waals surface area (Å²) < 4.78 is 3.41. The van der Waals surface area contributed by atoms with Crippen LogP contribution in [0.5, 0.6) is 0 Å². The van der Waals surface area contributed by atoms with Crippen molar-refractivity contribution in [2.75, 3.05) is 5.75 Å². The highest BCUT2D eigenvalue weighted by atomic mass is 32.2. The molecule has 0 unspecified atom stereocenters. The molecule has 2 heterocycles. The molecule has 0 aliphatic rings. The van der Waals surface area contributed by atoms with Crippen molar-refractivity contribution < 1.29 is 5.11 Å². The topological polar surface area (TPSA) is 105 Å². The second kappa shape index (κ2) is 8.62. The van der Waals surface area contributed by atoms with Crippen LogP contribution in [0.3, 0.4) is 0 Å². The molecule has 0 amide bonds. The van der Waals surface area contributed by atoms with Gasteiger partial charge in [0, 0.05) is 7.05 Å². The minimum Gasteiger partial charge on any atom is -0.510 e. The molecule has 31 heavy (non-hydrogen) atoms. The van der Waals surface area contributed by atoms with Crippen molar-refractivity contribution in [1.29, 1.82) is 5.26 Å². The van der Waals surface area contributed by atoms with E-state index in [1.807, 2.05) is 55.6 Å². The molecule has 1 N–H and O–H groups in total. The van der Waals surface area contributed by atoms with E-state index in [0.29, 0.717) is 16.9 Å². The first kappa shape index (κ1) is 20.6. The molecule has 0 aliphatic carbocycles. The summed E-state index contributed by atoms with van der Waals surface area (Å²) >= 11 is 1.25. The highest BCUT2D eigenvalue weighted by Crippen LogP contribution is 2.26. The van der Waals surface area contributed by atoms with Gasteiger partial charge in [-0.05, 0) is 46.2 Å². The van der Waals surface area contributed by atoms with E-state index >= 15 is 0 Å². The number of nitrogens with zero attached hydrogens (tertiary/aromatic N) is 7. The maximum Gasteiger partial charge on any atom is 0.214 e. The molecule has 2 aromatic heterocycles. The summed E-state index contributed by atoms with van der Waals surface area (Å²) in [6, 6.07) is 17.7. The molecule has 0 atom stereocenters. The first-order valence-corrected chi connectivity index (χ1v) is 10.7. The number of allylic oxidation sites excluding steroid dienone is 1. The van der Waals surface area contributed by atoms with Gasteiger partial charge in [0.2, 0.25) is 5.16 Å². The van der Waals surface area contributed by atoms with E-state index in [0.717, 1.165) is 16.7 Å². The summed E-state index contributed by atoms with van der Waals surface area (Å²) in [4.78, 5) is 4.50. The molecule has 0 aliphatic heterocycles. The van der Waals surface area contributed by atoms with Gasteiger partial charge in [0.25, 0.3) is 0 Å². The van der Waals surface area contributed by atoms with Crippen LogP contribution in [-0.4, -0.2) is 40.6 Å². The quantitative estimate of drug-likeness (QED) is 0.276. The minimum absolute atomic E-state index is 0.0735. The van der Waals surface area contributed by atoms with Crippen LogP contribution in [-0.2, 0) is 7.05 Å². The summed E-state index contributed by atoms with van der Waals surface area (Å²) in [5.41, 5.74) is 3.84. The van der Waals surface area contributed by atoms with E-state index in [1.165, 1.54) is 17.3 Å². The third kappa shape index (κ3) is 4.02. The number of thioether (sulfide) groups is 1. The lowest BCUT2D eigenvalue weighted by atomic mass is 10.0. The normalized spacial score (nSPS) is 12.2. The van der Waals surface area contributed by atoms with E-state index in [2.05, 4.69) is 40.4 Å². The molecule has 0 saturated carbocycles. The number of para-hydroxylation sites is 2. The first-order chi connectivity index (χ1) is 15.0. The van der Waals surface area contributed by atoms with Crippen molar-refractivity contribution in [1.82, 2.24) is 29.8 Å². The lowest BCUT2D eigenvalue weighted by molar-refractivity contribution is 0.420. The van der Waals surface area contributed by atoms with Gasteiger partial charge in [-0.15, -0.1) is 5.10 Å². The van der Waals surface area contributed by atoms with Gasteiger partial charge in [0.1, 0.15) is 17.4 Å². The van der Waals surface area contributed by atoms with Crippen LogP contribution in [0.4, 0.5) is 0 Å². The van der Waals surface area contributed by atoms with Gasteiger partial charge in [0.05, 0.1) is 22.5 Å². The Bertz CT molecular complexity index is 1300. The lowest BCUT2D eigenvalue weighted by Gasteiger charge is -2.08. The Morgan fingerprint density at radius 2 is 1.90 bits per heavy atom. The fourth-order valence-corrected chi connectivity index (χ4v) is 4.02. The van der Waals surface area contributed by atoms with E-state index in [4.69, 9.17) is 0 Å². The number of benzene rings is 2. The Morgan fingerprint density at radius 1 is 1.16 bits per heavy atom. The third-order valence-corrected chi connectivity index (χ3v) is 5.92. The van der Waals surface area contributed by atoms with Crippen molar-refractivity contribution >= 4 is 28.4 Å². The molecule has 8 nitrogen and oxygen atoms in total. The molecule has 0 bridgehead atoms. The van der Waals surface area contributed by atoms with Crippen LogP contribution in [0.15, 0.2) is 59.4 Å². The summed E-state index contributed by atoms with van der Waals surface area (Å²) in [5, 5.41) is 32.8. The number of tetrazole rings is 1. The average molecular weight is 432 g/mol. The largest absolute Gasteiger partial charge is 0.510 e. The van der Waals surface area contributed by atoms with Crippen LogP contribution in [0, 0.1) is 11.3 Å². The van der Waals surface area contributed by atoms with Crippen molar-refractivity contribution in [3.05, 3.63) is 65.7 Å². The number of nitriles is 1. The number of aromatic nitrogens is 6. The predicted molar refractivity (Wildman–Crippen MR) is 120 cm³/mol. The number of hydrogen-bond acceptors (Lipinski definition) is 7. The van der Waals surface area contributed by atoms with Gasteiger partial charge in [-0.25, -0.2) is 4.98 Å². The second-order valence-electron chi connectivity index (χ2n) is 7.32. The van der Waals surface area contributed by atoms with Gasteiger partial charge in [-0.1, -0.05) is 49.9 Å². The van der Waals surface area contributed by atoms with Gasteiger partial charge in [-0.2, -0.15) is 9.94 Å². The molecular formula is C22H21N7OS. The monoisotopic (exact) mass is 431 g/mol. The molecule has 0 saturated heterocycles. The van der Waals surface area contributed by atoms with Crippen LogP contribution in [0.25, 0.3) is 22.3 Å². The lowest BCUT2D eigenvalue weighted by Crippen LogP contribution is -2.03. The molecule has 2 aromatic carbocycles. The fraction of sp³-hybridized carbons (Fsp3) is 0.227. The van der Waals surface area contributed by atoms with E-state index in [1.54, 1.807) is 9.25 Å². The maximum absolute atomic E-state index is 10.7. The fourth-order valence-electron chi connectivity index (χ4n) is 3.25. The molecule has 156 valence electrons. The smallest absolute Gasteiger partial charge is 0.214 e. The zero-order valence-electron chi connectivity index (χ0n) is 17.4. The van der Waals surface area contributed by atoms with E-state index in [-0.39, 0.29) is 17.1 Å². The highest BCUT2D eigenvalue weighted by molar-refractivity contribution is 7.99. The summed E-state index contributed by atoms with van der Waals surface area (Å²) in [6.45, 7) is 4.28. The van der Waals surface area contributed by atoms with Crippen LogP contribution in [0.1, 0.15) is 31.2 Å². The molecule has 4 rings (SSSR count). The van der Waals surface area contributed by atoms with Crippen molar-refractivity contribution in [2.45, 2.75) is 24.9 Å². The van der Waals surface area contributed by atoms with Crippen LogP contribution in [0.2, 0.25) is 0 Å². The molecular weight excluding hydrogens is 410 g/mol. The Kier molecular flexibility index (Phi) is 5.73. The second-order valence-corrected chi connectivity index (χ2v) is 8.27. The Hall–Kier alpha value is -3.64. The Labute approximate surface area is 183 Å². The Balaban J connectivity index is 1.59. The zero-order chi connectivity index (χ0) is 22.0. The number of aryl methyl sites for hydroxylation is 1. The minimum atomic E-state index is -0.0735. The van der Waals surface area contributed by atoms with Gasteiger partial charge in [0.15, 0.2) is 5.82 Å². The number of aliphatic hydroxyl groups excluding tert-OH is 1. The van der Waals surface area contributed by atoms with Gasteiger partial charge in [-0.3, -0.25) is 0 Å². The molecule has 9 heteroatoms. The molecule has 4 aromatic rings. The number of rotatable bonds is 6. The van der Waals surface area contributed by atoms with Crippen molar-refractivity contribution in [2.24, 2.45) is 7.05 Å². The number of hydrogen-bond donors (Lipinski definition) is 1. The highest BCUT2D eigenvalue weighted by Gasteiger charge is 2.18. The standard InChI is InChI=1S/C22H21N7OS/c1-14(2)15-8-10-16(11-9-15)29-22(25-26-27-29)31-13-20(30)17(12-23)21-24-18-6-4-5-7-19(18)28(21)3/h4-11,14,30H,13H2,1-3H3/b20-17-. The van der Waals surface area contributed by atoms with E-state index < -0.39 is 0 Å². The van der Waals surface area contributed by atoms with E-state index in [9.17, 15) is 10.4 Å². The average Bonchev–Trinajstić information content (AvgIpc) is 3.38. The summed E-state index contributed by atoms with van der Waals surface area (Å²) in [7, 11) is 1.82. The zero-order valence-corrected chi connectivity index (χ0v) is 18.2. The molecule has 0 spiro atoms. The van der Waals surface area contributed by atoms with Gasteiger partial charge >= 0.3 is 0 Å². The number of fused-ring (bicyclic) bond motifs is 1.